The van der Waals surface area contributed by atoms with Gasteiger partial charge in [-0.25, -0.2) is 4.39 Å². The molecular weight excluding hydrogens is 275 g/mol. The third-order valence-electron chi connectivity index (χ3n) is 2.92. The minimum Gasteiger partial charge on any atom is -0.330 e. The second-order valence-corrected chi connectivity index (χ2v) is 5.31. The molecule has 6 heteroatoms. The summed E-state index contributed by atoms with van der Waals surface area (Å²) in [6, 6.07) is 10.5. The van der Waals surface area contributed by atoms with E-state index in [2.05, 4.69) is 10.2 Å². The quantitative estimate of drug-likeness (QED) is 0.801. The molecular formula is C14H13FN4S. The highest BCUT2D eigenvalue weighted by Gasteiger charge is 2.10. The maximum atomic E-state index is 13.3. The molecule has 0 unspecified atom stereocenters. The van der Waals surface area contributed by atoms with Gasteiger partial charge in [-0.3, -0.25) is 4.40 Å². The second kappa shape index (κ2) is 5.60. The molecule has 3 rings (SSSR count). The lowest BCUT2D eigenvalue weighted by molar-refractivity contribution is 0.623. The maximum Gasteiger partial charge on any atom is 0.200 e. The lowest BCUT2D eigenvalue weighted by Crippen LogP contribution is -2.04. The summed E-state index contributed by atoms with van der Waals surface area (Å²) < 4.78 is 15.2. The fourth-order valence-electron chi connectivity index (χ4n) is 1.99. The third kappa shape index (κ3) is 2.52. The Hall–Kier alpha value is -1.92. The van der Waals surface area contributed by atoms with Crippen LogP contribution >= 0.6 is 11.8 Å². The van der Waals surface area contributed by atoms with Crippen LogP contribution in [0.5, 0.6) is 0 Å². The first-order valence-electron chi connectivity index (χ1n) is 6.24. The zero-order valence-corrected chi connectivity index (χ0v) is 11.5. The summed E-state index contributed by atoms with van der Waals surface area (Å²) in [5, 5.41) is 9.02. The van der Waals surface area contributed by atoms with Crippen LogP contribution in [0.4, 0.5) is 4.39 Å². The number of benzene rings is 1. The summed E-state index contributed by atoms with van der Waals surface area (Å²) in [4.78, 5) is 0.954. The SMILES string of the molecule is NCCc1cc(F)ccc1Sc1nnc2ccccn12. The van der Waals surface area contributed by atoms with Gasteiger partial charge in [-0.2, -0.15) is 0 Å². The number of fused-ring (bicyclic) bond motifs is 1. The Balaban J connectivity index is 1.98. The number of halogens is 1. The Morgan fingerprint density at radius 2 is 2.10 bits per heavy atom. The van der Waals surface area contributed by atoms with Crippen molar-refractivity contribution in [2.45, 2.75) is 16.5 Å². The van der Waals surface area contributed by atoms with Gasteiger partial charge in [0.25, 0.3) is 0 Å². The normalized spacial score (nSPS) is 11.1. The van der Waals surface area contributed by atoms with E-state index in [1.807, 2.05) is 28.8 Å². The second-order valence-electron chi connectivity index (χ2n) is 4.30. The van der Waals surface area contributed by atoms with Crippen molar-refractivity contribution in [1.82, 2.24) is 14.6 Å². The monoisotopic (exact) mass is 288 g/mol. The smallest absolute Gasteiger partial charge is 0.200 e. The van der Waals surface area contributed by atoms with Crippen molar-refractivity contribution >= 4 is 17.4 Å². The van der Waals surface area contributed by atoms with Crippen LogP contribution < -0.4 is 5.73 Å². The highest BCUT2D eigenvalue weighted by Crippen LogP contribution is 2.30. The average Bonchev–Trinajstić information content (AvgIpc) is 2.86. The summed E-state index contributed by atoms with van der Waals surface area (Å²) in [6.07, 6.45) is 2.54. The Kier molecular flexibility index (Phi) is 3.66. The molecule has 0 radical (unpaired) electrons. The van der Waals surface area contributed by atoms with Crippen LogP contribution in [0.3, 0.4) is 0 Å². The molecule has 0 saturated carbocycles. The predicted octanol–water partition coefficient (Wildman–Crippen LogP) is 2.52. The minimum atomic E-state index is -0.246. The van der Waals surface area contributed by atoms with Crippen LogP contribution in [0.25, 0.3) is 5.65 Å². The van der Waals surface area contributed by atoms with E-state index in [-0.39, 0.29) is 5.82 Å². The number of pyridine rings is 1. The molecule has 102 valence electrons. The van der Waals surface area contributed by atoms with Gasteiger partial charge >= 0.3 is 0 Å². The van der Waals surface area contributed by atoms with Gasteiger partial charge in [0.15, 0.2) is 10.8 Å². The zero-order chi connectivity index (χ0) is 13.9. The Labute approximate surface area is 119 Å². The van der Waals surface area contributed by atoms with Crippen LogP contribution in [0, 0.1) is 5.82 Å². The van der Waals surface area contributed by atoms with E-state index in [0.29, 0.717) is 13.0 Å². The first-order valence-corrected chi connectivity index (χ1v) is 7.05. The Morgan fingerprint density at radius 3 is 2.95 bits per heavy atom. The standard InChI is InChI=1S/C14H13FN4S/c15-11-4-5-12(10(9-11)6-7-16)20-14-18-17-13-3-1-2-8-19(13)14/h1-5,8-9H,6-7,16H2. The Morgan fingerprint density at radius 1 is 1.20 bits per heavy atom. The number of aromatic nitrogens is 3. The lowest BCUT2D eigenvalue weighted by Gasteiger charge is -2.07. The van der Waals surface area contributed by atoms with Crippen molar-refractivity contribution in [2.75, 3.05) is 6.54 Å². The first kappa shape index (κ1) is 13.1. The molecule has 0 bridgehead atoms. The molecule has 0 atom stereocenters. The molecule has 0 spiro atoms. The molecule has 4 nitrogen and oxygen atoms in total. The van der Waals surface area contributed by atoms with Crippen molar-refractivity contribution in [3.05, 3.63) is 54.0 Å². The van der Waals surface area contributed by atoms with Gasteiger partial charge in [-0.05, 0) is 60.6 Å². The molecule has 20 heavy (non-hydrogen) atoms. The molecule has 3 aromatic rings. The zero-order valence-electron chi connectivity index (χ0n) is 10.7. The molecule has 0 aliphatic carbocycles. The lowest BCUT2D eigenvalue weighted by atomic mass is 10.1. The van der Waals surface area contributed by atoms with Gasteiger partial charge in [-0.1, -0.05) is 6.07 Å². The topological polar surface area (TPSA) is 56.2 Å². The predicted molar refractivity (Wildman–Crippen MR) is 76.3 cm³/mol. The van der Waals surface area contributed by atoms with Crippen molar-refractivity contribution in [3.63, 3.8) is 0 Å². The fourth-order valence-corrected chi connectivity index (χ4v) is 2.95. The summed E-state index contributed by atoms with van der Waals surface area (Å²) in [6.45, 7) is 0.484. The summed E-state index contributed by atoms with van der Waals surface area (Å²) in [7, 11) is 0. The van der Waals surface area contributed by atoms with Gasteiger partial charge < -0.3 is 5.73 Å². The first-order chi connectivity index (χ1) is 9.78. The maximum absolute atomic E-state index is 13.3. The summed E-state index contributed by atoms with van der Waals surface area (Å²) in [5.74, 6) is -0.246. The largest absolute Gasteiger partial charge is 0.330 e. The van der Waals surface area contributed by atoms with Crippen LogP contribution in [0.1, 0.15) is 5.56 Å². The number of nitrogens with zero attached hydrogens (tertiary/aromatic N) is 3. The van der Waals surface area contributed by atoms with Crippen LogP contribution in [-0.2, 0) is 6.42 Å². The molecule has 0 aliphatic rings. The highest BCUT2D eigenvalue weighted by atomic mass is 32.2. The third-order valence-corrected chi connectivity index (χ3v) is 4.00. The van der Waals surface area contributed by atoms with E-state index < -0.39 is 0 Å². The molecule has 0 amide bonds. The Bertz CT molecular complexity index is 741. The van der Waals surface area contributed by atoms with Crippen LogP contribution in [-0.4, -0.2) is 21.1 Å². The van der Waals surface area contributed by atoms with Gasteiger partial charge in [0.1, 0.15) is 5.82 Å². The molecule has 1 aromatic carbocycles. The van der Waals surface area contributed by atoms with E-state index >= 15 is 0 Å². The molecule has 0 aliphatic heterocycles. The van der Waals surface area contributed by atoms with E-state index in [0.717, 1.165) is 21.3 Å². The van der Waals surface area contributed by atoms with E-state index in [9.17, 15) is 4.39 Å². The average molecular weight is 288 g/mol. The molecule has 0 saturated heterocycles. The van der Waals surface area contributed by atoms with Crippen molar-refractivity contribution < 1.29 is 4.39 Å². The number of rotatable bonds is 4. The van der Waals surface area contributed by atoms with Gasteiger partial charge in [-0.15, -0.1) is 10.2 Å². The fraction of sp³-hybridized carbons (Fsp3) is 0.143. The molecule has 2 N–H and O–H groups in total. The number of nitrogens with two attached hydrogens (primary N) is 1. The van der Waals surface area contributed by atoms with E-state index in [1.165, 1.54) is 23.9 Å². The number of hydrogen-bond acceptors (Lipinski definition) is 4. The molecule has 2 aromatic heterocycles. The van der Waals surface area contributed by atoms with Crippen molar-refractivity contribution in [3.8, 4) is 0 Å². The van der Waals surface area contributed by atoms with Crippen LogP contribution in [0.15, 0.2) is 52.6 Å². The number of hydrogen-bond donors (Lipinski definition) is 1. The van der Waals surface area contributed by atoms with Gasteiger partial charge in [0.2, 0.25) is 0 Å². The van der Waals surface area contributed by atoms with Crippen LogP contribution in [0.2, 0.25) is 0 Å². The van der Waals surface area contributed by atoms with E-state index in [4.69, 9.17) is 5.73 Å². The van der Waals surface area contributed by atoms with Gasteiger partial charge in [0.05, 0.1) is 0 Å². The molecule has 0 fully saturated rings. The molecule has 2 heterocycles. The van der Waals surface area contributed by atoms with E-state index in [1.54, 1.807) is 6.07 Å². The summed E-state index contributed by atoms with van der Waals surface area (Å²) >= 11 is 1.47. The van der Waals surface area contributed by atoms with Gasteiger partial charge in [0, 0.05) is 11.1 Å². The van der Waals surface area contributed by atoms with Crippen molar-refractivity contribution in [1.29, 1.82) is 0 Å². The van der Waals surface area contributed by atoms with Crippen molar-refractivity contribution in [2.24, 2.45) is 5.73 Å². The highest BCUT2D eigenvalue weighted by molar-refractivity contribution is 7.99. The summed E-state index contributed by atoms with van der Waals surface area (Å²) in [5.41, 5.74) is 7.26. The minimum absolute atomic E-state index is 0.246.